The van der Waals surface area contributed by atoms with Crippen LogP contribution in [0.1, 0.15) is 13.3 Å². The van der Waals surface area contributed by atoms with Gasteiger partial charge in [0.2, 0.25) is 0 Å². The second-order valence-electron chi connectivity index (χ2n) is 5.53. The third-order valence-electron chi connectivity index (χ3n) is 3.92. The van der Waals surface area contributed by atoms with Crippen molar-refractivity contribution in [3.8, 4) is 11.5 Å². The third-order valence-corrected chi connectivity index (χ3v) is 4.59. The molecule has 6 nitrogen and oxygen atoms in total. The van der Waals surface area contributed by atoms with E-state index in [9.17, 15) is 9.00 Å². The standard InChI is InChI=1S/C18H19NO5S/c1-2-23-14-5-7-15(8-6-14)24-17-11-12-19(18(17)20)13-3-9-16(10-4-13)25(21)22/h3-10,17H,2,11-12H2,1H3,(H,21,22). The lowest BCUT2D eigenvalue weighted by Gasteiger charge is -2.17. The minimum absolute atomic E-state index is 0.119. The molecular weight excluding hydrogens is 342 g/mol. The molecule has 0 aromatic heterocycles. The molecule has 1 N–H and O–H groups in total. The molecule has 0 saturated carbocycles. The van der Waals surface area contributed by atoms with Gasteiger partial charge in [0.15, 0.2) is 17.2 Å². The molecule has 2 atom stereocenters. The van der Waals surface area contributed by atoms with E-state index in [0.29, 0.717) is 35.9 Å². The second-order valence-corrected chi connectivity index (χ2v) is 6.50. The van der Waals surface area contributed by atoms with Crippen molar-refractivity contribution in [3.63, 3.8) is 0 Å². The molecule has 1 fully saturated rings. The molecule has 0 radical (unpaired) electrons. The van der Waals surface area contributed by atoms with Gasteiger partial charge in [-0.3, -0.25) is 4.79 Å². The summed E-state index contributed by atoms with van der Waals surface area (Å²) in [5, 5.41) is 0. The molecule has 25 heavy (non-hydrogen) atoms. The summed E-state index contributed by atoms with van der Waals surface area (Å²) >= 11 is -2.02. The van der Waals surface area contributed by atoms with E-state index in [-0.39, 0.29) is 5.91 Å². The number of ether oxygens (including phenoxy) is 2. The molecule has 1 amide bonds. The van der Waals surface area contributed by atoms with Gasteiger partial charge < -0.3 is 18.9 Å². The lowest BCUT2D eigenvalue weighted by molar-refractivity contribution is -0.122. The minimum atomic E-state index is -2.02. The Morgan fingerprint density at radius 1 is 1.12 bits per heavy atom. The molecule has 0 spiro atoms. The van der Waals surface area contributed by atoms with Crippen LogP contribution in [0.2, 0.25) is 0 Å². The largest absolute Gasteiger partial charge is 0.494 e. The van der Waals surface area contributed by atoms with Crippen LogP contribution in [0.4, 0.5) is 5.69 Å². The Bertz CT molecular complexity index is 760. The SMILES string of the molecule is CCOc1ccc(OC2CCN(c3ccc(S(=O)O)cc3)C2=O)cc1. The fraction of sp³-hybridized carbons (Fsp3) is 0.278. The molecule has 1 aliphatic rings. The summed E-state index contributed by atoms with van der Waals surface area (Å²) in [6, 6.07) is 13.6. The highest BCUT2D eigenvalue weighted by Gasteiger charge is 2.34. The Kier molecular flexibility index (Phi) is 5.35. The van der Waals surface area contributed by atoms with Crippen molar-refractivity contribution < 1.29 is 23.0 Å². The van der Waals surface area contributed by atoms with Crippen molar-refractivity contribution in [1.29, 1.82) is 0 Å². The molecule has 0 bridgehead atoms. The normalized spacial score (nSPS) is 18.2. The highest BCUT2D eigenvalue weighted by Crippen LogP contribution is 2.26. The summed E-state index contributed by atoms with van der Waals surface area (Å²) in [7, 11) is 0. The van der Waals surface area contributed by atoms with Crippen LogP contribution in [0.3, 0.4) is 0 Å². The lowest BCUT2D eigenvalue weighted by atomic mass is 10.3. The van der Waals surface area contributed by atoms with E-state index in [0.717, 1.165) is 5.75 Å². The van der Waals surface area contributed by atoms with Crippen molar-refractivity contribution in [1.82, 2.24) is 0 Å². The third kappa shape index (κ3) is 4.00. The smallest absolute Gasteiger partial charge is 0.268 e. The molecule has 2 aromatic carbocycles. The molecule has 0 aliphatic carbocycles. The van der Waals surface area contributed by atoms with Gasteiger partial charge >= 0.3 is 0 Å². The minimum Gasteiger partial charge on any atom is -0.494 e. The van der Waals surface area contributed by atoms with Crippen LogP contribution >= 0.6 is 0 Å². The van der Waals surface area contributed by atoms with Gasteiger partial charge in [-0.25, -0.2) is 4.21 Å². The van der Waals surface area contributed by atoms with Crippen molar-refractivity contribution in [2.75, 3.05) is 18.1 Å². The van der Waals surface area contributed by atoms with E-state index in [1.54, 1.807) is 41.3 Å². The summed E-state index contributed by atoms with van der Waals surface area (Å²) < 4.78 is 31.3. The number of nitrogens with zero attached hydrogens (tertiary/aromatic N) is 1. The van der Waals surface area contributed by atoms with Crippen LogP contribution in [0.5, 0.6) is 11.5 Å². The summed E-state index contributed by atoms with van der Waals surface area (Å²) in [5.74, 6) is 1.26. The van der Waals surface area contributed by atoms with E-state index in [4.69, 9.17) is 14.0 Å². The number of carbonyl (C=O) groups excluding carboxylic acids is 1. The van der Waals surface area contributed by atoms with Gasteiger partial charge in [0.25, 0.3) is 5.91 Å². The number of benzene rings is 2. The maximum Gasteiger partial charge on any atom is 0.268 e. The molecule has 1 heterocycles. The molecular formula is C18H19NO5S. The summed E-state index contributed by atoms with van der Waals surface area (Å²) in [4.78, 5) is 14.5. The van der Waals surface area contributed by atoms with Gasteiger partial charge in [0.05, 0.1) is 11.5 Å². The fourth-order valence-corrected chi connectivity index (χ4v) is 3.08. The maximum absolute atomic E-state index is 12.6. The van der Waals surface area contributed by atoms with E-state index in [2.05, 4.69) is 0 Å². The zero-order valence-corrected chi connectivity index (χ0v) is 14.6. The van der Waals surface area contributed by atoms with Crippen LogP contribution in [0.25, 0.3) is 0 Å². The topological polar surface area (TPSA) is 76.1 Å². The first-order valence-electron chi connectivity index (χ1n) is 8.00. The summed E-state index contributed by atoms with van der Waals surface area (Å²) in [6.07, 6.45) is 0.0456. The Labute approximate surface area is 148 Å². The van der Waals surface area contributed by atoms with Gasteiger partial charge in [-0.05, 0) is 55.5 Å². The molecule has 1 aliphatic heterocycles. The number of amides is 1. The van der Waals surface area contributed by atoms with Crippen LogP contribution < -0.4 is 14.4 Å². The van der Waals surface area contributed by atoms with Crippen molar-refractivity contribution >= 4 is 22.7 Å². The second kappa shape index (κ2) is 7.67. The number of rotatable bonds is 6. The average Bonchev–Trinajstić information content (AvgIpc) is 2.97. The van der Waals surface area contributed by atoms with E-state index < -0.39 is 17.2 Å². The van der Waals surface area contributed by atoms with E-state index >= 15 is 0 Å². The summed E-state index contributed by atoms with van der Waals surface area (Å²) in [6.45, 7) is 3.06. The Balaban J connectivity index is 1.66. The van der Waals surface area contributed by atoms with E-state index in [1.807, 2.05) is 19.1 Å². The number of hydrogen-bond donors (Lipinski definition) is 1. The van der Waals surface area contributed by atoms with Gasteiger partial charge in [0, 0.05) is 18.7 Å². The first-order chi connectivity index (χ1) is 12.1. The molecule has 3 rings (SSSR count). The molecule has 7 heteroatoms. The fourth-order valence-electron chi connectivity index (χ4n) is 2.71. The predicted molar refractivity (Wildman–Crippen MR) is 94.5 cm³/mol. The van der Waals surface area contributed by atoms with Crippen molar-refractivity contribution in [3.05, 3.63) is 48.5 Å². The molecule has 132 valence electrons. The van der Waals surface area contributed by atoms with Crippen LogP contribution in [0.15, 0.2) is 53.4 Å². The van der Waals surface area contributed by atoms with Gasteiger partial charge in [-0.15, -0.1) is 0 Å². The van der Waals surface area contributed by atoms with Crippen molar-refractivity contribution in [2.24, 2.45) is 0 Å². The molecule has 1 saturated heterocycles. The van der Waals surface area contributed by atoms with Gasteiger partial charge in [0.1, 0.15) is 11.5 Å². The number of carbonyl (C=O) groups is 1. The van der Waals surface area contributed by atoms with Crippen LogP contribution in [-0.2, 0) is 15.9 Å². The highest BCUT2D eigenvalue weighted by molar-refractivity contribution is 7.79. The maximum atomic E-state index is 12.6. The zero-order valence-electron chi connectivity index (χ0n) is 13.8. The van der Waals surface area contributed by atoms with Crippen LogP contribution in [-0.4, -0.2) is 33.9 Å². The molecule has 2 unspecified atom stereocenters. The van der Waals surface area contributed by atoms with Gasteiger partial charge in [-0.1, -0.05) is 0 Å². The first-order valence-corrected chi connectivity index (χ1v) is 9.11. The van der Waals surface area contributed by atoms with Crippen LogP contribution in [0, 0.1) is 0 Å². The quantitative estimate of drug-likeness (QED) is 0.801. The highest BCUT2D eigenvalue weighted by atomic mass is 32.2. The van der Waals surface area contributed by atoms with E-state index in [1.165, 1.54) is 0 Å². The Morgan fingerprint density at radius 3 is 2.36 bits per heavy atom. The lowest BCUT2D eigenvalue weighted by Crippen LogP contribution is -2.32. The monoisotopic (exact) mass is 361 g/mol. The summed E-state index contributed by atoms with van der Waals surface area (Å²) in [5.41, 5.74) is 0.692. The Hall–Kier alpha value is -2.38. The zero-order chi connectivity index (χ0) is 17.8. The predicted octanol–water partition coefficient (Wildman–Crippen LogP) is 2.85. The molecule has 2 aromatic rings. The van der Waals surface area contributed by atoms with Gasteiger partial charge in [-0.2, -0.15) is 0 Å². The Morgan fingerprint density at radius 2 is 1.76 bits per heavy atom. The number of hydrogen-bond acceptors (Lipinski definition) is 4. The first kappa shape index (κ1) is 17.4. The number of anilines is 1. The average molecular weight is 361 g/mol. The van der Waals surface area contributed by atoms with Crippen molar-refractivity contribution in [2.45, 2.75) is 24.3 Å².